The summed E-state index contributed by atoms with van der Waals surface area (Å²) in [5, 5.41) is 0.702. The number of hydrogen-bond acceptors (Lipinski definition) is 3. The zero-order chi connectivity index (χ0) is 15.0. The molecular weight excluding hydrogens is 288 g/mol. The Kier molecular flexibility index (Phi) is 3.35. The van der Waals surface area contributed by atoms with Gasteiger partial charge in [-0.1, -0.05) is 35.9 Å². The number of benzene rings is 2. The molecule has 1 heterocycles. The molecule has 0 saturated carbocycles. The van der Waals surface area contributed by atoms with Gasteiger partial charge in [0.15, 0.2) is 0 Å². The Labute approximate surface area is 125 Å². The molecule has 3 rings (SSSR count). The van der Waals surface area contributed by atoms with Crippen molar-refractivity contribution in [3.05, 3.63) is 80.7 Å². The number of rotatable bonds is 2. The Morgan fingerprint density at radius 1 is 1.05 bits per heavy atom. The summed E-state index contributed by atoms with van der Waals surface area (Å²) >= 11 is 6.04. The van der Waals surface area contributed by atoms with Gasteiger partial charge in [-0.3, -0.25) is 9.59 Å². The molecule has 0 N–H and O–H groups in total. The molecule has 0 aliphatic carbocycles. The third kappa shape index (κ3) is 2.26. The van der Waals surface area contributed by atoms with Crippen LogP contribution in [0, 0.1) is 6.92 Å². The van der Waals surface area contributed by atoms with Gasteiger partial charge in [0, 0.05) is 5.56 Å². The number of carbonyl (C=O) groups is 1. The Hall–Kier alpha value is -2.39. The first-order valence-electron chi connectivity index (χ1n) is 6.41. The fourth-order valence-electron chi connectivity index (χ4n) is 2.30. The minimum Gasteiger partial charge on any atom is -0.460 e. The van der Waals surface area contributed by atoms with Crippen LogP contribution in [0.3, 0.4) is 0 Å². The minimum absolute atomic E-state index is 0.0294. The van der Waals surface area contributed by atoms with Gasteiger partial charge in [0.05, 0.1) is 10.4 Å². The molecule has 2 aromatic carbocycles. The highest BCUT2D eigenvalue weighted by Crippen LogP contribution is 2.21. The predicted molar refractivity (Wildman–Crippen MR) is 82.1 cm³/mol. The van der Waals surface area contributed by atoms with E-state index >= 15 is 0 Å². The molecule has 3 nitrogen and oxygen atoms in total. The van der Waals surface area contributed by atoms with Crippen LogP contribution in [0.25, 0.3) is 11.0 Å². The van der Waals surface area contributed by atoms with Crippen molar-refractivity contribution in [2.75, 3.05) is 0 Å². The van der Waals surface area contributed by atoms with Gasteiger partial charge in [-0.05, 0) is 31.2 Å². The van der Waals surface area contributed by atoms with E-state index < -0.39 is 5.78 Å². The van der Waals surface area contributed by atoms with Crippen LogP contribution in [0.1, 0.15) is 21.7 Å². The lowest BCUT2D eigenvalue weighted by molar-refractivity contribution is 0.103. The Balaban J connectivity index is 2.28. The second-order valence-corrected chi connectivity index (χ2v) is 5.07. The lowest BCUT2D eigenvalue weighted by Gasteiger charge is -2.07. The van der Waals surface area contributed by atoms with Gasteiger partial charge in [-0.25, -0.2) is 0 Å². The molecule has 0 amide bonds. The molecule has 104 valence electrons. The highest BCUT2D eigenvalue weighted by molar-refractivity contribution is 6.35. The first-order chi connectivity index (χ1) is 10.1. The number of fused-ring (bicyclic) bond motifs is 1. The van der Waals surface area contributed by atoms with Gasteiger partial charge in [-0.15, -0.1) is 0 Å². The zero-order valence-electron chi connectivity index (χ0n) is 11.2. The summed E-state index contributed by atoms with van der Waals surface area (Å²) in [6.45, 7) is 1.61. The Morgan fingerprint density at radius 2 is 1.71 bits per heavy atom. The molecule has 0 spiro atoms. The Bertz CT molecular complexity index is 909. The van der Waals surface area contributed by atoms with E-state index in [-0.39, 0.29) is 11.0 Å². The van der Waals surface area contributed by atoms with Crippen molar-refractivity contribution in [3.63, 3.8) is 0 Å². The van der Waals surface area contributed by atoms with E-state index in [2.05, 4.69) is 0 Å². The van der Waals surface area contributed by atoms with E-state index in [1.807, 2.05) is 0 Å². The Morgan fingerprint density at radius 3 is 2.48 bits per heavy atom. The van der Waals surface area contributed by atoms with Gasteiger partial charge in [0.1, 0.15) is 16.9 Å². The topological polar surface area (TPSA) is 47.3 Å². The number of carbonyl (C=O) groups excluding carboxylic acids is 1. The molecule has 0 atom stereocenters. The number of aryl methyl sites for hydroxylation is 1. The van der Waals surface area contributed by atoms with Crippen molar-refractivity contribution in [1.29, 1.82) is 0 Å². The van der Waals surface area contributed by atoms with Crippen molar-refractivity contribution in [1.82, 2.24) is 0 Å². The molecule has 0 bridgehead atoms. The third-order valence-electron chi connectivity index (χ3n) is 3.32. The second kappa shape index (κ2) is 5.19. The molecule has 0 aliphatic heterocycles. The van der Waals surface area contributed by atoms with Crippen molar-refractivity contribution in [2.24, 2.45) is 0 Å². The number of ketones is 1. The van der Waals surface area contributed by atoms with Gasteiger partial charge in [0.25, 0.3) is 0 Å². The van der Waals surface area contributed by atoms with E-state index in [1.165, 1.54) is 0 Å². The summed E-state index contributed by atoms with van der Waals surface area (Å²) in [5.74, 6) is -0.124. The average molecular weight is 299 g/mol. The summed E-state index contributed by atoms with van der Waals surface area (Å²) in [4.78, 5) is 25.2. The van der Waals surface area contributed by atoms with E-state index in [9.17, 15) is 9.59 Å². The van der Waals surface area contributed by atoms with Gasteiger partial charge < -0.3 is 4.42 Å². The van der Waals surface area contributed by atoms with Crippen LogP contribution >= 0.6 is 11.6 Å². The largest absolute Gasteiger partial charge is 0.460 e. The average Bonchev–Trinajstić information content (AvgIpc) is 2.47. The third-order valence-corrected chi connectivity index (χ3v) is 3.65. The van der Waals surface area contributed by atoms with Crippen LogP contribution in [0.5, 0.6) is 0 Å². The summed E-state index contributed by atoms with van der Waals surface area (Å²) in [7, 11) is 0. The quantitative estimate of drug-likeness (QED) is 0.672. The van der Waals surface area contributed by atoms with E-state index in [0.29, 0.717) is 27.3 Å². The van der Waals surface area contributed by atoms with Gasteiger partial charge in [0.2, 0.25) is 11.2 Å². The standard InChI is InChI=1S/C17H11ClO3/c1-10-15(16(19)11-6-2-4-8-13(11)18)17(20)12-7-3-5-9-14(12)21-10/h2-9H,1H3. The molecule has 0 unspecified atom stereocenters. The summed E-state index contributed by atoms with van der Waals surface area (Å²) in [6.07, 6.45) is 0. The first kappa shape index (κ1) is 13.6. The molecule has 0 fully saturated rings. The van der Waals surface area contributed by atoms with Crippen molar-refractivity contribution >= 4 is 28.4 Å². The molecule has 21 heavy (non-hydrogen) atoms. The lowest BCUT2D eigenvalue weighted by Crippen LogP contribution is -2.18. The summed E-state index contributed by atoms with van der Waals surface area (Å²) in [5.41, 5.74) is 0.460. The van der Waals surface area contributed by atoms with Gasteiger partial charge in [-0.2, -0.15) is 0 Å². The second-order valence-electron chi connectivity index (χ2n) is 4.67. The molecule has 4 heteroatoms. The van der Waals surface area contributed by atoms with E-state index in [4.69, 9.17) is 16.0 Å². The van der Waals surface area contributed by atoms with Crippen LogP contribution in [-0.2, 0) is 0 Å². The van der Waals surface area contributed by atoms with Crippen LogP contribution in [0.2, 0.25) is 5.02 Å². The molecule has 1 aromatic heterocycles. The summed E-state index contributed by atoms with van der Waals surface area (Å²) < 4.78 is 5.59. The van der Waals surface area contributed by atoms with Crippen molar-refractivity contribution in [2.45, 2.75) is 6.92 Å². The lowest BCUT2D eigenvalue weighted by atomic mass is 10.0. The monoisotopic (exact) mass is 298 g/mol. The number of hydrogen-bond donors (Lipinski definition) is 0. The number of para-hydroxylation sites is 1. The van der Waals surface area contributed by atoms with Crippen LogP contribution in [0.4, 0.5) is 0 Å². The summed E-state index contributed by atoms with van der Waals surface area (Å²) in [6, 6.07) is 13.5. The smallest absolute Gasteiger partial charge is 0.204 e. The van der Waals surface area contributed by atoms with Gasteiger partial charge >= 0.3 is 0 Å². The van der Waals surface area contributed by atoms with E-state index in [1.54, 1.807) is 55.5 Å². The first-order valence-corrected chi connectivity index (χ1v) is 6.79. The predicted octanol–water partition coefficient (Wildman–Crippen LogP) is 3.99. The van der Waals surface area contributed by atoms with Crippen LogP contribution < -0.4 is 5.43 Å². The molecule has 0 saturated heterocycles. The highest BCUT2D eigenvalue weighted by Gasteiger charge is 2.21. The SMILES string of the molecule is Cc1oc2ccccc2c(=O)c1C(=O)c1ccccc1Cl. The molecule has 0 aliphatic rings. The maximum Gasteiger partial charge on any atom is 0.204 e. The molecule has 0 radical (unpaired) electrons. The molecule has 3 aromatic rings. The maximum absolute atomic E-state index is 12.6. The zero-order valence-corrected chi connectivity index (χ0v) is 12.0. The van der Waals surface area contributed by atoms with Crippen molar-refractivity contribution in [3.8, 4) is 0 Å². The van der Waals surface area contributed by atoms with Crippen LogP contribution in [0.15, 0.2) is 57.7 Å². The highest BCUT2D eigenvalue weighted by atomic mass is 35.5. The maximum atomic E-state index is 12.6. The minimum atomic E-state index is -0.419. The van der Waals surface area contributed by atoms with Crippen LogP contribution in [-0.4, -0.2) is 5.78 Å². The fourth-order valence-corrected chi connectivity index (χ4v) is 2.52. The fraction of sp³-hybridized carbons (Fsp3) is 0.0588. The number of halogens is 1. The van der Waals surface area contributed by atoms with Crippen molar-refractivity contribution < 1.29 is 9.21 Å². The van der Waals surface area contributed by atoms with E-state index in [0.717, 1.165) is 0 Å². The normalized spacial score (nSPS) is 10.8. The molecular formula is C17H11ClO3.